The van der Waals surface area contributed by atoms with Gasteiger partial charge in [-0.15, -0.1) is 12.6 Å². The summed E-state index contributed by atoms with van der Waals surface area (Å²) in [6.07, 6.45) is 0. The fraction of sp³-hybridized carbons (Fsp3) is 0.188. The number of anilines is 1. The molecule has 0 aromatic heterocycles. The number of amides is 1. The van der Waals surface area contributed by atoms with E-state index >= 15 is 0 Å². The van der Waals surface area contributed by atoms with Crippen molar-refractivity contribution in [3.63, 3.8) is 0 Å². The molecule has 0 saturated carbocycles. The summed E-state index contributed by atoms with van der Waals surface area (Å²) >= 11 is 4.01. The van der Waals surface area contributed by atoms with Crippen molar-refractivity contribution in [3.05, 3.63) is 59.4 Å². The van der Waals surface area contributed by atoms with E-state index in [-0.39, 0.29) is 10.8 Å². The Morgan fingerprint density at radius 2 is 1.85 bits per heavy atom. The van der Waals surface area contributed by atoms with Gasteiger partial charge in [0.15, 0.2) is 0 Å². The van der Waals surface area contributed by atoms with Gasteiger partial charge in [0, 0.05) is 22.7 Å². The van der Waals surface area contributed by atoms with Crippen LogP contribution in [0, 0.1) is 12.7 Å². The van der Waals surface area contributed by atoms with Crippen LogP contribution in [0.3, 0.4) is 0 Å². The number of hydrogen-bond acceptors (Lipinski definition) is 2. The van der Waals surface area contributed by atoms with Crippen LogP contribution < -0.4 is 4.90 Å². The van der Waals surface area contributed by atoms with Crippen LogP contribution in [0.1, 0.15) is 22.8 Å². The maximum atomic E-state index is 13.2. The third kappa shape index (κ3) is 3.02. The van der Waals surface area contributed by atoms with Gasteiger partial charge in [-0.3, -0.25) is 4.79 Å². The van der Waals surface area contributed by atoms with Crippen LogP contribution in [0.25, 0.3) is 0 Å². The Hall–Kier alpha value is -1.81. The largest absolute Gasteiger partial charge is 0.309 e. The molecular weight excluding hydrogens is 273 g/mol. The Labute approximate surface area is 123 Å². The van der Waals surface area contributed by atoms with Crippen LogP contribution in [0.2, 0.25) is 0 Å². The van der Waals surface area contributed by atoms with Crippen molar-refractivity contribution in [2.45, 2.75) is 18.7 Å². The number of hydrogen-bond donors (Lipinski definition) is 1. The van der Waals surface area contributed by atoms with Crippen LogP contribution in [0.4, 0.5) is 10.1 Å². The normalized spacial score (nSPS) is 10.4. The van der Waals surface area contributed by atoms with Gasteiger partial charge in [0.05, 0.1) is 0 Å². The second-order valence-corrected chi connectivity index (χ2v) is 5.03. The zero-order valence-electron chi connectivity index (χ0n) is 11.4. The molecule has 0 spiro atoms. The number of aryl methyl sites for hydroxylation is 1. The molecule has 1 amide bonds. The number of carbonyl (C=O) groups is 1. The third-order valence-corrected chi connectivity index (χ3v) is 3.44. The molecule has 104 valence electrons. The summed E-state index contributed by atoms with van der Waals surface area (Å²) in [5, 5.41) is 0. The first-order chi connectivity index (χ1) is 9.52. The molecule has 0 fully saturated rings. The summed E-state index contributed by atoms with van der Waals surface area (Å²) in [4.78, 5) is 14.3. The van der Waals surface area contributed by atoms with E-state index in [0.29, 0.717) is 12.1 Å². The number of nitrogens with zero attached hydrogens (tertiary/aromatic N) is 1. The maximum Gasteiger partial charge on any atom is 0.258 e. The highest BCUT2D eigenvalue weighted by atomic mass is 32.1. The topological polar surface area (TPSA) is 20.3 Å². The predicted molar refractivity (Wildman–Crippen MR) is 82.2 cm³/mol. The van der Waals surface area contributed by atoms with Gasteiger partial charge in [-0.1, -0.05) is 17.7 Å². The molecule has 0 bridgehead atoms. The highest BCUT2D eigenvalue weighted by Gasteiger charge is 2.16. The molecular formula is C16H16FNOS. The molecule has 2 aromatic rings. The zero-order valence-corrected chi connectivity index (χ0v) is 12.3. The Bertz CT molecular complexity index is 625. The van der Waals surface area contributed by atoms with Gasteiger partial charge in [0.1, 0.15) is 5.82 Å². The lowest BCUT2D eigenvalue weighted by molar-refractivity contribution is 0.0988. The molecule has 2 nitrogen and oxygen atoms in total. The van der Waals surface area contributed by atoms with Crippen LogP contribution in [-0.2, 0) is 0 Å². The molecule has 2 rings (SSSR count). The Balaban J connectivity index is 2.33. The Kier molecular flexibility index (Phi) is 4.45. The summed E-state index contributed by atoms with van der Waals surface area (Å²) in [6, 6.07) is 11.9. The SMILES string of the molecule is CCN(C(=O)c1ccc(F)c(S)c1)c1ccc(C)cc1. The number of rotatable bonds is 3. The molecule has 0 atom stereocenters. The van der Waals surface area contributed by atoms with Gasteiger partial charge in [0.25, 0.3) is 5.91 Å². The maximum absolute atomic E-state index is 13.2. The average molecular weight is 289 g/mol. The number of benzene rings is 2. The first-order valence-corrected chi connectivity index (χ1v) is 6.84. The molecule has 0 N–H and O–H groups in total. The molecule has 4 heteroatoms. The molecule has 0 unspecified atom stereocenters. The van der Waals surface area contributed by atoms with Gasteiger partial charge in [0.2, 0.25) is 0 Å². The fourth-order valence-corrected chi connectivity index (χ4v) is 2.18. The van der Waals surface area contributed by atoms with E-state index in [1.807, 2.05) is 38.1 Å². The smallest absolute Gasteiger partial charge is 0.258 e. The van der Waals surface area contributed by atoms with Gasteiger partial charge in [-0.05, 0) is 44.2 Å². The lowest BCUT2D eigenvalue weighted by atomic mass is 10.1. The minimum atomic E-state index is -0.428. The lowest BCUT2D eigenvalue weighted by Crippen LogP contribution is -2.30. The molecule has 0 aliphatic rings. The summed E-state index contributed by atoms with van der Waals surface area (Å²) in [7, 11) is 0. The standard InChI is InChI=1S/C16H16FNOS/c1-3-18(13-7-4-11(2)5-8-13)16(19)12-6-9-14(17)15(20)10-12/h4-10,20H,3H2,1-2H3. The Morgan fingerprint density at radius 1 is 1.20 bits per heavy atom. The molecule has 2 aromatic carbocycles. The molecule has 0 saturated heterocycles. The predicted octanol–water partition coefficient (Wildman–Crippen LogP) is 4.09. The van der Waals surface area contributed by atoms with E-state index in [9.17, 15) is 9.18 Å². The molecule has 0 aliphatic heterocycles. The minimum Gasteiger partial charge on any atom is -0.309 e. The van der Waals surface area contributed by atoms with E-state index in [1.54, 1.807) is 4.90 Å². The molecule has 20 heavy (non-hydrogen) atoms. The van der Waals surface area contributed by atoms with Crippen molar-refractivity contribution >= 4 is 24.2 Å². The minimum absolute atomic E-state index is 0.161. The van der Waals surface area contributed by atoms with Crippen LogP contribution >= 0.6 is 12.6 Å². The Morgan fingerprint density at radius 3 is 2.40 bits per heavy atom. The van der Waals surface area contributed by atoms with Crippen LogP contribution in [-0.4, -0.2) is 12.5 Å². The molecule has 0 heterocycles. The van der Waals surface area contributed by atoms with Crippen molar-refractivity contribution < 1.29 is 9.18 Å². The van der Waals surface area contributed by atoms with Crippen molar-refractivity contribution in [1.29, 1.82) is 0 Å². The quantitative estimate of drug-likeness (QED) is 0.844. The molecule has 0 aliphatic carbocycles. The van der Waals surface area contributed by atoms with E-state index in [0.717, 1.165) is 11.3 Å². The summed E-state index contributed by atoms with van der Waals surface area (Å²) in [5.41, 5.74) is 2.39. The van der Waals surface area contributed by atoms with Gasteiger partial charge in [-0.25, -0.2) is 4.39 Å². The second kappa shape index (κ2) is 6.09. The van der Waals surface area contributed by atoms with Crippen LogP contribution in [0.5, 0.6) is 0 Å². The first-order valence-electron chi connectivity index (χ1n) is 6.40. The van der Waals surface area contributed by atoms with Crippen molar-refractivity contribution in [2.24, 2.45) is 0 Å². The van der Waals surface area contributed by atoms with E-state index in [4.69, 9.17) is 0 Å². The number of halogens is 1. The van der Waals surface area contributed by atoms with Gasteiger partial charge < -0.3 is 4.90 Å². The van der Waals surface area contributed by atoms with Crippen molar-refractivity contribution in [2.75, 3.05) is 11.4 Å². The zero-order chi connectivity index (χ0) is 14.7. The number of carbonyl (C=O) groups excluding carboxylic acids is 1. The second-order valence-electron chi connectivity index (χ2n) is 4.55. The number of thiol groups is 1. The summed E-state index contributed by atoms with van der Waals surface area (Å²) < 4.78 is 13.2. The van der Waals surface area contributed by atoms with Crippen LogP contribution in [0.15, 0.2) is 47.4 Å². The summed E-state index contributed by atoms with van der Waals surface area (Å²) in [6.45, 7) is 4.44. The van der Waals surface area contributed by atoms with E-state index in [2.05, 4.69) is 12.6 Å². The molecule has 0 radical (unpaired) electrons. The summed E-state index contributed by atoms with van der Waals surface area (Å²) in [5.74, 6) is -0.588. The van der Waals surface area contributed by atoms with E-state index < -0.39 is 5.82 Å². The van der Waals surface area contributed by atoms with Gasteiger partial charge >= 0.3 is 0 Å². The van der Waals surface area contributed by atoms with Crippen molar-refractivity contribution in [3.8, 4) is 0 Å². The fourth-order valence-electron chi connectivity index (χ4n) is 1.97. The highest BCUT2D eigenvalue weighted by Crippen LogP contribution is 2.20. The third-order valence-electron chi connectivity index (χ3n) is 3.10. The highest BCUT2D eigenvalue weighted by molar-refractivity contribution is 7.80. The van der Waals surface area contributed by atoms with Crippen molar-refractivity contribution in [1.82, 2.24) is 0 Å². The first kappa shape index (κ1) is 14.6. The monoisotopic (exact) mass is 289 g/mol. The van der Waals surface area contributed by atoms with Gasteiger partial charge in [-0.2, -0.15) is 0 Å². The van der Waals surface area contributed by atoms with E-state index in [1.165, 1.54) is 18.2 Å². The lowest BCUT2D eigenvalue weighted by Gasteiger charge is -2.21. The average Bonchev–Trinajstić information content (AvgIpc) is 2.44.